The molecule has 0 unspecified atom stereocenters. The predicted octanol–water partition coefficient (Wildman–Crippen LogP) is 4.80. The fourth-order valence-electron chi connectivity index (χ4n) is 6.32. The maximum atomic E-state index is 13.0. The van der Waals surface area contributed by atoms with E-state index in [1.54, 1.807) is 28.1 Å². The Morgan fingerprint density at radius 1 is 0.944 bits per heavy atom. The van der Waals surface area contributed by atoms with Gasteiger partial charge in [-0.15, -0.1) is 0 Å². The number of carbonyl (C=O) groups is 3. The van der Waals surface area contributed by atoms with Crippen molar-refractivity contribution in [1.29, 1.82) is 0 Å². The van der Waals surface area contributed by atoms with E-state index in [2.05, 4.69) is 20.3 Å². The maximum Gasteiger partial charge on any atom is 0.306 e. The number of H-pyrrole nitrogens is 1. The number of carboxylic acids is 1. The van der Waals surface area contributed by atoms with Gasteiger partial charge in [-0.25, -0.2) is 4.98 Å². The minimum absolute atomic E-state index is 0.0120. The largest absolute Gasteiger partial charge is 0.497 e. The molecule has 282 valence electrons. The number of anilines is 1. The molecule has 0 saturated carbocycles. The molecule has 15 nitrogen and oxygen atoms in total. The summed E-state index contributed by atoms with van der Waals surface area (Å²) in [6.07, 6.45) is -1.92. The zero-order valence-corrected chi connectivity index (χ0v) is 30.2. The van der Waals surface area contributed by atoms with Gasteiger partial charge < -0.3 is 28.8 Å². The molecular weight excluding hydrogens is 698 g/mol. The third kappa shape index (κ3) is 7.96. The molecule has 15 heteroatoms. The lowest BCUT2D eigenvalue weighted by Crippen LogP contribution is -2.39. The van der Waals surface area contributed by atoms with Crippen molar-refractivity contribution in [2.24, 2.45) is 5.92 Å². The molecule has 0 radical (unpaired) electrons. The van der Waals surface area contributed by atoms with Gasteiger partial charge >= 0.3 is 11.9 Å². The van der Waals surface area contributed by atoms with E-state index < -0.39 is 48.0 Å². The molecule has 1 fully saturated rings. The van der Waals surface area contributed by atoms with E-state index in [1.807, 2.05) is 78.9 Å². The Kier molecular flexibility index (Phi) is 11.4. The first kappa shape index (κ1) is 37.7. The van der Waals surface area contributed by atoms with Crippen LogP contribution < -0.4 is 20.3 Å². The quantitative estimate of drug-likeness (QED) is 0.0983. The molecule has 1 aliphatic heterocycles. The number of esters is 1. The van der Waals surface area contributed by atoms with Crippen LogP contribution in [0.15, 0.2) is 90.0 Å². The van der Waals surface area contributed by atoms with Gasteiger partial charge in [-0.05, 0) is 41.0 Å². The second-order valence-corrected chi connectivity index (χ2v) is 13.0. The number of hydrogen-bond acceptors (Lipinski definition) is 11. The van der Waals surface area contributed by atoms with Crippen molar-refractivity contribution < 1.29 is 43.2 Å². The summed E-state index contributed by atoms with van der Waals surface area (Å²) in [6.45, 7) is 3.30. The molecule has 3 atom stereocenters. The van der Waals surface area contributed by atoms with Crippen LogP contribution >= 0.6 is 0 Å². The molecule has 1 aliphatic rings. The van der Waals surface area contributed by atoms with Crippen molar-refractivity contribution in [2.45, 2.75) is 57.1 Å². The van der Waals surface area contributed by atoms with Gasteiger partial charge in [-0.1, -0.05) is 68.4 Å². The summed E-state index contributed by atoms with van der Waals surface area (Å²) in [5.41, 5.74) is 0.685. The first-order chi connectivity index (χ1) is 26.0. The lowest BCUT2D eigenvalue weighted by atomic mass is 9.80. The minimum atomic E-state index is -1.22. The zero-order chi connectivity index (χ0) is 38.4. The highest BCUT2D eigenvalue weighted by molar-refractivity contribution is 5.91. The topological polar surface area (TPSA) is 193 Å². The van der Waals surface area contributed by atoms with Crippen molar-refractivity contribution in [3.8, 4) is 11.5 Å². The molecule has 1 amide bonds. The Morgan fingerprint density at radius 3 is 2.13 bits per heavy atom. The third-order valence-electron chi connectivity index (χ3n) is 9.15. The summed E-state index contributed by atoms with van der Waals surface area (Å²) in [7, 11) is 3.17. The molecule has 3 heterocycles. The summed E-state index contributed by atoms with van der Waals surface area (Å²) in [4.78, 5) is 60.8. The van der Waals surface area contributed by atoms with Crippen LogP contribution in [0.5, 0.6) is 11.5 Å². The lowest BCUT2D eigenvalue weighted by Gasteiger charge is -2.37. The molecule has 6 rings (SSSR count). The van der Waals surface area contributed by atoms with Crippen molar-refractivity contribution in [3.63, 3.8) is 0 Å². The minimum Gasteiger partial charge on any atom is -0.497 e. The van der Waals surface area contributed by atoms with Crippen molar-refractivity contribution in [1.82, 2.24) is 19.5 Å². The van der Waals surface area contributed by atoms with Gasteiger partial charge in [0.1, 0.15) is 35.5 Å². The number of carbonyl (C=O) groups excluding carboxylic acids is 2. The number of nitrogens with zero attached hydrogens (tertiary/aromatic N) is 3. The smallest absolute Gasteiger partial charge is 0.306 e. The van der Waals surface area contributed by atoms with Crippen LogP contribution in [0.25, 0.3) is 11.2 Å². The van der Waals surface area contributed by atoms with Crippen LogP contribution in [0.3, 0.4) is 0 Å². The Balaban J connectivity index is 1.39. The van der Waals surface area contributed by atoms with Crippen LogP contribution in [-0.4, -0.2) is 75.5 Å². The number of amides is 1. The number of imidazole rings is 1. The number of aromatic amines is 1. The zero-order valence-electron chi connectivity index (χ0n) is 30.2. The van der Waals surface area contributed by atoms with Crippen LogP contribution in [-0.2, 0) is 34.2 Å². The van der Waals surface area contributed by atoms with Gasteiger partial charge in [0, 0.05) is 12.3 Å². The fraction of sp³-hybridized carbons (Fsp3) is 0.333. The standard InChI is InChI=1S/C39H41N5O10/c1-23(2)36(48)42-38-41-35-34(37(49)43-38)40-22-44(35)31-20-29(54-33(47)19-18-32(45)46)30(53-31)21-52-39(24-8-6-5-7-9-24,25-10-14-27(50-3)15-11-25)26-12-16-28(51-4)17-13-26/h5-17,22-23,29-31H,18-21H2,1-4H3,(H,45,46)(H2,41,42,43,48,49)/t29-,30-,31+/m0/s1. The normalized spacial score (nSPS) is 17.0. The average Bonchev–Trinajstić information content (AvgIpc) is 3.79. The molecule has 0 bridgehead atoms. The first-order valence-electron chi connectivity index (χ1n) is 17.3. The van der Waals surface area contributed by atoms with Crippen molar-refractivity contribution in [3.05, 3.63) is 112 Å². The number of benzene rings is 3. The SMILES string of the molecule is COc1ccc(C(OC[C@@H]2O[C@@H](n3cnc4c(=O)[nH]c(NC(=O)C(C)C)nc43)C[C@@H]2OC(=O)CCC(=O)O)(c2ccccc2)c2ccc(OC)cc2)cc1. The number of rotatable bonds is 15. The molecule has 0 spiro atoms. The van der Waals surface area contributed by atoms with Crippen LogP contribution in [0.2, 0.25) is 0 Å². The van der Waals surface area contributed by atoms with Gasteiger partial charge in [0.05, 0.1) is 40.0 Å². The van der Waals surface area contributed by atoms with E-state index in [4.69, 9.17) is 23.7 Å². The molecule has 0 aliphatic carbocycles. The maximum absolute atomic E-state index is 13.0. The number of ether oxygens (including phenoxy) is 5. The van der Waals surface area contributed by atoms with Gasteiger partial charge in [-0.3, -0.25) is 34.0 Å². The summed E-state index contributed by atoms with van der Waals surface area (Å²) >= 11 is 0. The summed E-state index contributed by atoms with van der Waals surface area (Å²) < 4.78 is 31.9. The molecule has 1 saturated heterocycles. The summed E-state index contributed by atoms with van der Waals surface area (Å²) in [5.74, 6) is -1.34. The van der Waals surface area contributed by atoms with Crippen LogP contribution in [0, 0.1) is 5.92 Å². The Morgan fingerprint density at radius 2 is 1.56 bits per heavy atom. The van der Waals surface area contributed by atoms with Gasteiger partial charge in [0.2, 0.25) is 11.9 Å². The number of fused-ring (bicyclic) bond motifs is 1. The Hall–Kier alpha value is -6.06. The molecular formula is C39H41N5O10. The van der Waals surface area contributed by atoms with Crippen molar-refractivity contribution in [2.75, 3.05) is 26.1 Å². The number of hydrogen-bond donors (Lipinski definition) is 3. The molecule has 3 N–H and O–H groups in total. The molecule has 2 aromatic heterocycles. The third-order valence-corrected chi connectivity index (χ3v) is 9.15. The second-order valence-electron chi connectivity index (χ2n) is 13.0. The van der Waals surface area contributed by atoms with Gasteiger partial charge in [0.25, 0.3) is 5.56 Å². The predicted molar refractivity (Wildman–Crippen MR) is 195 cm³/mol. The summed E-state index contributed by atoms with van der Waals surface area (Å²) in [6, 6.07) is 24.6. The Labute approximate surface area is 310 Å². The molecule has 54 heavy (non-hydrogen) atoms. The van der Waals surface area contributed by atoms with Gasteiger partial charge in [0.15, 0.2) is 11.2 Å². The number of aromatic nitrogens is 4. The number of methoxy groups -OCH3 is 2. The highest BCUT2D eigenvalue weighted by Crippen LogP contribution is 2.43. The molecule has 3 aromatic carbocycles. The van der Waals surface area contributed by atoms with Crippen LogP contribution in [0.1, 0.15) is 56.0 Å². The van der Waals surface area contributed by atoms with Crippen LogP contribution in [0.4, 0.5) is 5.95 Å². The number of carboxylic acid groups (broad SMARTS) is 1. The highest BCUT2D eigenvalue weighted by Gasteiger charge is 2.44. The monoisotopic (exact) mass is 739 g/mol. The fourth-order valence-corrected chi connectivity index (χ4v) is 6.32. The lowest BCUT2D eigenvalue weighted by molar-refractivity contribution is -0.157. The number of aliphatic carboxylic acids is 1. The van der Waals surface area contributed by atoms with E-state index in [0.29, 0.717) is 11.5 Å². The second kappa shape index (κ2) is 16.3. The summed E-state index contributed by atoms with van der Waals surface area (Å²) in [5, 5.41) is 11.8. The van der Waals surface area contributed by atoms with Crippen molar-refractivity contribution >= 4 is 35.0 Å². The highest BCUT2D eigenvalue weighted by atomic mass is 16.6. The first-order valence-corrected chi connectivity index (χ1v) is 17.3. The van der Waals surface area contributed by atoms with E-state index >= 15 is 0 Å². The van der Waals surface area contributed by atoms with E-state index in [0.717, 1.165) is 16.7 Å². The number of nitrogens with one attached hydrogen (secondary N) is 2. The van der Waals surface area contributed by atoms with Gasteiger partial charge in [-0.2, -0.15) is 4.98 Å². The molecule has 5 aromatic rings. The van der Waals surface area contributed by atoms with E-state index in [-0.39, 0.29) is 48.4 Å². The van der Waals surface area contributed by atoms with E-state index in [1.165, 1.54) is 10.9 Å². The average molecular weight is 740 g/mol. The van der Waals surface area contributed by atoms with E-state index in [9.17, 15) is 24.3 Å². The Bertz CT molecular complexity index is 2100.